The van der Waals surface area contributed by atoms with Crippen molar-refractivity contribution in [1.29, 1.82) is 0 Å². The van der Waals surface area contributed by atoms with Crippen molar-refractivity contribution in [2.45, 2.75) is 26.0 Å². The van der Waals surface area contributed by atoms with Gasteiger partial charge in [-0.2, -0.15) is 21.6 Å². The lowest BCUT2D eigenvalue weighted by atomic mass is 9.93. The van der Waals surface area contributed by atoms with E-state index in [1.54, 1.807) is 0 Å². The highest BCUT2D eigenvalue weighted by Gasteiger charge is 2.48. The van der Waals surface area contributed by atoms with Crippen molar-refractivity contribution in [2.24, 2.45) is 5.41 Å². The van der Waals surface area contributed by atoms with Gasteiger partial charge in [-0.15, -0.1) is 0 Å². The van der Waals surface area contributed by atoms with Gasteiger partial charge in [0.15, 0.2) is 0 Å². The molecule has 140 valence electrons. The summed E-state index contributed by atoms with van der Waals surface area (Å²) >= 11 is 0. The standard InChI is InChI=1S/C13H15BF4O6S/c1-12(2)7-22-14(23-8-12)21-6-9-5-10(15)3-4-11(9)24-25(19,20)13(16,17)18/h3-5H,6-8H2,1-2H3. The topological polar surface area (TPSA) is 71.1 Å². The van der Waals surface area contributed by atoms with Crippen LogP contribution in [0.25, 0.3) is 0 Å². The van der Waals surface area contributed by atoms with Crippen LogP contribution < -0.4 is 4.18 Å². The molecule has 0 radical (unpaired) electrons. The molecule has 0 spiro atoms. The van der Waals surface area contributed by atoms with E-state index >= 15 is 0 Å². The summed E-state index contributed by atoms with van der Waals surface area (Å²) in [4.78, 5) is 0. The van der Waals surface area contributed by atoms with E-state index < -0.39 is 41.1 Å². The van der Waals surface area contributed by atoms with Gasteiger partial charge in [-0.1, -0.05) is 13.8 Å². The smallest absolute Gasteiger partial charge is 0.385 e. The number of hydrogen-bond donors (Lipinski definition) is 0. The van der Waals surface area contributed by atoms with Gasteiger partial charge in [-0.25, -0.2) is 4.39 Å². The third-order valence-electron chi connectivity index (χ3n) is 3.10. The number of halogens is 4. The third kappa shape index (κ3) is 5.30. The SMILES string of the molecule is CC1(C)COB(OCc2cc(F)ccc2OS(=O)(=O)C(F)(F)F)OC1. The van der Waals surface area contributed by atoms with E-state index in [-0.39, 0.29) is 11.0 Å². The normalized spacial score (nSPS) is 18.2. The van der Waals surface area contributed by atoms with Crippen molar-refractivity contribution < 1.29 is 44.1 Å². The van der Waals surface area contributed by atoms with Crippen LogP contribution in [0, 0.1) is 11.2 Å². The van der Waals surface area contributed by atoms with Gasteiger partial charge in [-0.05, 0) is 18.2 Å². The number of alkyl halides is 3. The molecule has 25 heavy (non-hydrogen) atoms. The first-order valence-electron chi connectivity index (χ1n) is 7.04. The van der Waals surface area contributed by atoms with E-state index in [9.17, 15) is 26.0 Å². The molecule has 1 aliphatic heterocycles. The Kier molecular flexibility index (Phi) is 5.67. The van der Waals surface area contributed by atoms with Crippen molar-refractivity contribution in [3.8, 4) is 5.75 Å². The summed E-state index contributed by atoms with van der Waals surface area (Å²) in [5.41, 5.74) is -6.08. The predicted molar refractivity (Wildman–Crippen MR) is 78.2 cm³/mol. The summed E-state index contributed by atoms with van der Waals surface area (Å²) in [6, 6.07) is 2.33. The number of benzene rings is 1. The minimum Gasteiger partial charge on any atom is -0.385 e. The van der Waals surface area contributed by atoms with E-state index in [2.05, 4.69) is 4.18 Å². The van der Waals surface area contributed by atoms with Crippen molar-refractivity contribution >= 4 is 17.4 Å². The van der Waals surface area contributed by atoms with Gasteiger partial charge < -0.3 is 18.1 Å². The first kappa shape index (κ1) is 20.0. The molecule has 6 nitrogen and oxygen atoms in total. The van der Waals surface area contributed by atoms with Crippen LogP contribution in [0.5, 0.6) is 5.75 Å². The second-order valence-corrected chi connectivity index (χ2v) is 7.66. The molecule has 2 rings (SSSR count). The Balaban J connectivity index is 2.09. The third-order valence-corrected chi connectivity index (χ3v) is 4.07. The van der Waals surface area contributed by atoms with E-state index in [1.807, 2.05) is 13.8 Å². The Morgan fingerprint density at radius 1 is 1.24 bits per heavy atom. The lowest BCUT2D eigenvalue weighted by Crippen LogP contribution is -2.42. The van der Waals surface area contributed by atoms with Crippen LogP contribution in [0.3, 0.4) is 0 Å². The molecule has 12 heteroatoms. The minimum absolute atomic E-state index is 0.228. The second-order valence-electron chi connectivity index (χ2n) is 6.12. The van der Waals surface area contributed by atoms with Crippen molar-refractivity contribution in [3.63, 3.8) is 0 Å². The van der Waals surface area contributed by atoms with Crippen LogP contribution in [-0.4, -0.2) is 34.5 Å². The summed E-state index contributed by atoms with van der Waals surface area (Å²) in [6.07, 6.45) is 0. The lowest BCUT2D eigenvalue weighted by molar-refractivity contribution is -0.0501. The van der Waals surface area contributed by atoms with Crippen molar-refractivity contribution in [3.05, 3.63) is 29.6 Å². The average molecular weight is 386 g/mol. The van der Waals surface area contributed by atoms with Crippen LogP contribution >= 0.6 is 0 Å². The fourth-order valence-corrected chi connectivity index (χ4v) is 2.33. The Hall–Kier alpha value is -1.37. The van der Waals surface area contributed by atoms with Gasteiger partial charge in [0.2, 0.25) is 0 Å². The summed E-state index contributed by atoms with van der Waals surface area (Å²) < 4.78 is 92.6. The molecule has 0 atom stereocenters. The molecule has 0 aromatic heterocycles. The van der Waals surface area contributed by atoms with Crippen LogP contribution in [0.15, 0.2) is 18.2 Å². The van der Waals surface area contributed by atoms with Gasteiger partial charge in [0, 0.05) is 24.2 Å². The molecule has 0 bridgehead atoms. The fourth-order valence-electron chi connectivity index (χ4n) is 1.84. The monoisotopic (exact) mass is 386 g/mol. The zero-order valence-electron chi connectivity index (χ0n) is 13.3. The Morgan fingerprint density at radius 3 is 2.40 bits per heavy atom. The Morgan fingerprint density at radius 2 is 1.84 bits per heavy atom. The predicted octanol–water partition coefficient (Wildman–Crippen LogP) is 2.63. The minimum atomic E-state index is -5.89. The quantitative estimate of drug-likeness (QED) is 0.335. The van der Waals surface area contributed by atoms with E-state index in [4.69, 9.17) is 14.0 Å². The molecular formula is C13H15BF4O6S. The van der Waals surface area contributed by atoms with Gasteiger partial charge >= 0.3 is 22.9 Å². The molecule has 0 unspecified atom stereocenters. The molecule has 1 aliphatic rings. The van der Waals surface area contributed by atoms with Crippen molar-refractivity contribution in [1.82, 2.24) is 0 Å². The summed E-state index contributed by atoms with van der Waals surface area (Å²) in [6.45, 7) is 3.93. The maximum Gasteiger partial charge on any atom is 0.639 e. The van der Waals surface area contributed by atoms with Crippen LogP contribution in [0.1, 0.15) is 19.4 Å². The first-order chi connectivity index (χ1) is 11.4. The van der Waals surface area contributed by atoms with Gasteiger partial charge in [0.05, 0.1) is 6.61 Å². The summed E-state index contributed by atoms with van der Waals surface area (Å²) in [5.74, 6) is -1.50. The summed E-state index contributed by atoms with van der Waals surface area (Å²) in [7, 11) is -6.99. The molecule has 0 aliphatic carbocycles. The molecule has 1 heterocycles. The molecule has 0 amide bonds. The highest BCUT2D eigenvalue weighted by molar-refractivity contribution is 7.88. The summed E-state index contributed by atoms with van der Waals surface area (Å²) in [5, 5.41) is 0. The highest BCUT2D eigenvalue weighted by atomic mass is 32.2. The van der Waals surface area contributed by atoms with Crippen molar-refractivity contribution in [2.75, 3.05) is 13.2 Å². The molecule has 1 saturated heterocycles. The average Bonchev–Trinajstić information content (AvgIpc) is 2.47. The van der Waals surface area contributed by atoms with E-state index in [0.29, 0.717) is 13.2 Å². The lowest BCUT2D eigenvalue weighted by Gasteiger charge is -2.32. The highest BCUT2D eigenvalue weighted by Crippen LogP contribution is 2.30. The maximum atomic E-state index is 13.3. The van der Waals surface area contributed by atoms with Gasteiger partial charge in [0.25, 0.3) is 0 Å². The zero-order chi connectivity index (χ0) is 18.9. The second kappa shape index (κ2) is 7.10. The van der Waals surface area contributed by atoms with Gasteiger partial charge in [0.1, 0.15) is 11.6 Å². The van der Waals surface area contributed by atoms with Crippen LogP contribution in [-0.2, 0) is 30.7 Å². The first-order valence-corrected chi connectivity index (χ1v) is 8.44. The molecule has 1 fully saturated rings. The van der Waals surface area contributed by atoms with Gasteiger partial charge in [-0.3, -0.25) is 0 Å². The Bertz CT molecular complexity index is 712. The zero-order valence-corrected chi connectivity index (χ0v) is 14.1. The number of hydrogen-bond acceptors (Lipinski definition) is 6. The van der Waals surface area contributed by atoms with Crippen LogP contribution in [0.2, 0.25) is 0 Å². The maximum absolute atomic E-state index is 13.3. The van der Waals surface area contributed by atoms with Crippen LogP contribution in [0.4, 0.5) is 17.6 Å². The molecular weight excluding hydrogens is 371 g/mol. The molecule has 0 N–H and O–H groups in total. The molecule has 0 saturated carbocycles. The Labute approximate surface area is 142 Å². The van der Waals surface area contributed by atoms with E-state index in [0.717, 1.165) is 18.2 Å². The largest absolute Gasteiger partial charge is 0.639 e. The molecule has 1 aromatic rings. The fraction of sp³-hybridized carbons (Fsp3) is 0.538. The molecule has 1 aromatic carbocycles. The number of rotatable bonds is 5. The van der Waals surface area contributed by atoms with E-state index in [1.165, 1.54) is 0 Å².